The lowest BCUT2D eigenvalue weighted by Gasteiger charge is -2.12. The van der Waals surface area contributed by atoms with Crippen LogP contribution < -0.4 is 10.5 Å². The Hall–Kier alpha value is -3.30. The predicted octanol–water partition coefficient (Wildman–Crippen LogP) is 3.77. The first-order valence-electron chi connectivity index (χ1n) is 6.65. The van der Waals surface area contributed by atoms with Gasteiger partial charge in [-0.3, -0.25) is 10.1 Å². The molecule has 0 spiro atoms. The molecule has 0 heterocycles. The van der Waals surface area contributed by atoms with E-state index in [0.29, 0.717) is 6.07 Å². The second-order valence-corrected chi connectivity index (χ2v) is 4.78. The van der Waals surface area contributed by atoms with Crippen LogP contribution in [0.25, 0.3) is 0 Å². The van der Waals surface area contributed by atoms with E-state index in [-0.39, 0.29) is 22.7 Å². The molecule has 0 atom stereocenters. The topological polar surface area (TPSA) is 105 Å². The molecular formula is C15H11F3N2O5. The van der Waals surface area contributed by atoms with Crippen LogP contribution in [0.5, 0.6) is 11.5 Å². The molecule has 0 saturated carbocycles. The summed E-state index contributed by atoms with van der Waals surface area (Å²) in [5, 5.41) is 10.9. The highest BCUT2D eigenvalue weighted by Gasteiger charge is 2.31. The first-order chi connectivity index (χ1) is 11.6. The molecule has 0 aliphatic heterocycles. The maximum Gasteiger partial charge on any atom is 0.416 e. The van der Waals surface area contributed by atoms with Gasteiger partial charge in [-0.25, -0.2) is 4.79 Å². The third-order valence-corrected chi connectivity index (χ3v) is 3.13. The van der Waals surface area contributed by atoms with Crippen LogP contribution in [0.15, 0.2) is 36.4 Å². The molecule has 7 nitrogen and oxygen atoms in total. The van der Waals surface area contributed by atoms with Gasteiger partial charge in [0, 0.05) is 12.1 Å². The number of hydrogen-bond donors (Lipinski definition) is 1. The third kappa shape index (κ3) is 3.97. The van der Waals surface area contributed by atoms with Gasteiger partial charge in [0.25, 0.3) is 5.69 Å². The molecular weight excluding hydrogens is 345 g/mol. The second kappa shape index (κ2) is 6.67. The van der Waals surface area contributed by atoms with Crippen LogP contribution >= 0.6 is 0 Å². The number of nitrogens with two attached hydrogens (primary N) is 1. The molecule has 0 aromatic heterocycles. The third-order valence-electron chi connectivity index (χ3n) is 3.13. The number of carbonyl (C=O) groups is 1. The van der Waals surface area contributed by atoms with Crippen LogP contribution in [0.3, 0.4) is 0 Å². The van der Waals surface area contributed by atoms with Gasteiger partial charge in [0.1, 0.15) is 17.1 Å². The van der Waals surface area contributed by atoms with E-state index in [0.717, 1.165) is 31.4 Å². The summed E-state index contributed by atoms with van der Waals surface area (Å²) < 4.78 is 47.6. The molecule has 2 N–H and O–H groups in total. The Morgan fingerprint density at radius 1 is 1.20 bits per heavy atom. The van der Waals surface area contributed by atoms with Crippen molar-refractivity contribution in [3.63, 3.8) is 0 Å². The Morgan fingerprint density at radius 2 is 1.88 bits per heavy atom. The van der Waals surface area contributed by atoms with Gasteiger partial charge in [-0.1, -0.05) is 0 Å². The van der Waals surface area contributed by atoms with E-state index < -0.39 is 28.3 Å². The lowest BCUT2D eigenvalue weighted by Crippen LogP contribution is -2.07. The van der Waals surface area contributed by atoms with E-state index >= 15 is 0 Å². The van der Waals surface area contributed by atoms with E-state index in [4.69, 9.17) is 10.5 Å². The largest absolute Gasteiger partial charge is 0.465 e. The molecule has 2 aromatic carbocycles. The minimum absolute atomic E-state index is 0.0301. The SMILES string of the molecule is COC(=O)c1cc(Oc2ccc(C(F)(F)F)cc2N)ccc1[N+](=O)[O-]. The van der Waals surface area contributed by atoms with E-state index in [1.54, 1.807) is 0 Å². The fourth-order valence-corrected chi connectivity index (χ4v) is 1.96. The lowest BCUT2D eigenvalue weighted by atomic mass is 10.1. The van der Waals surface area contributed by atoms with Crippen LogP contribution in [0.1, 0.15) is 15.9 Å². The smallest absolute Gasteiger partial charge is 0.416 e. The molecule has 0 amide bonds. The molecule has 132 valence electrons. The molecule has 10 heteroatoms. The highest BCUT2D eigenvalue weighted by atomic mass is 19.4. The van der Waals surface area contributed by atoms with Gasteiger partial charge >= 0.3 is 12.1 Å². The minimum atomic E-state index is -4.56. The number of esters is 1. The summed E-state index contributed by atoms with van der Waals surface area (Å²) >= 11 is 0. The van der Waals surface area contributed by atoms with Gasteiger partial charge in [0.2, 0.25) is 0 Å². The normalized spacial score (nSPS) is 11.0. The average Bonchev–Trinajstić information content (AvgIpc) is 2.54. The number of anilines is 1. The number of benzene rings is 2. The summed E-state index contributed by atoms with van der Waals surface area (Å²) in [7, 11) is 1.05. The van der Waals surface area contributed by atoms with E-state index in [1.165, 1.54) is 6.07 Å². The zero-order valence-corrected chi connectivity index (χ0v) is 12.7. The summed E-state index contributed by atoms with van der Waals surface area (Å²) in [6.45, 7) is 0. The van der Waals surface area contributed by atoms with E-state index in [1.807, 2.05) is 0 Å². The average molecular weight is 356 g/mol. The highest BCUT2D eigenvalue weighted by Crippen LogP contribution is 2.36. The van der Waals surface area contributed by atoms with Crippen molar-refractivity contribution < 1.29 is 32.4 Å². The Bertz CT molecular complexity index is 836. The zero-order chi connectivity index (χ0) is 18.8. The van der Waals surface area contributed by atoms with Crippen LogP contribution in [-0.2, 0) is 10.9 Å². The van der Waals surface area contributed by atoms with Crippen LogP contribution in [0.4, 0.5) is 24.5 Å². The lowest BCUT2D eigenvalue weighted by molar-refractivity contribution is -0.385. The summed E-state index contributed by atoms with van der Waals surface area (Å²) in [6.07, 6.45) is -4.56. The van der Waals surface area contributed by atoms with E-state index in [9.17, 15) is 28.1 Å². The van der Waals surface area contributed by atoms with Gasteiger partial charge in [0.05, 0.1) is 23.3 Å². The maximum absolute atomic E-state index is 12.6. The number of carbonyl (C=O) groups excluding carboxylic acids is 1. The van der Waals surface area contributed by atoms with Crippen molar-refractivity contribution in [3.8, 4) is 11.5 Å². The summed E-state index contributed by atoms with van der Waals surface area (Å²) in [5.41, 5.74) is 3.45. The quantitative estimate of drug-likeness (QED) is 0.387. The number of nitro groups is 1. The Morgan fingerprint density at radius 3 is 2.40 bits per heavy atom. The molecule has 2 aromatic rings. The zero-order valence-electron chi connectivity index (χ0n) is 12.7. The number of ether oxygens (including phenoxy) is 2. The van der Waals surface area contributed by atoms with Crippen molar-refractivity contribution in [1.29, 1.82) is 0 Å². The minimum Gasteiger partial charge on any atom is -0.465 e. The van der Waals surface area contributed by atoms with Gasteiger partial charge in [-0.2, -0.15) is 13.2 Å². The van der Waals surface area contributed by atoms with Gasteiger partial charge in [0.15, 0.2) is 0 Å². The molecule has 0 unspecified atom stereocenters. The molecule has 0 bridgehead atoms. The first kappa shape index (κ1) is 18.0. The maximum atomic E-state index is 12.6. The molecule has 25 heavy (non-hydrogen) atoms. The fraction of sp³-hybridized carbons (Fsp3) is 0.133. The summed E-state index contributed by atoms with van der Waals surface area (Å²) in [5.74, 6) is -1.09. The first-order valence-corrected chi connectivity index (χ1v) is 6.65. The molecule has 0 saturated heterocycles. The van der Waals surface area contributed by atoms with Crippen molar-refractivity contribution in [1.82, 2.24) is 0 Å². The number of rotatable bonds is 4. The number of hydrogen-bond acceptors (Lipinski definition) is 6. The highest BCUT2D eigenvalue weighted by molar-refractivity contribution is 5.94. The Kier molecular flexibility index (Phi) is 4.82. The van der Waals surface area contributed by atoms with Crippen LogP contribution in [0.2, 0.25) is 0 Å². The van der Waals surface area contributed by atoms with Crippen molar-refractivity contribution in [2.75, 3.05) is 12.8 Å². The molecule has 0 radical (unpaired) electrons. The van der Waals surface area contributed by atoms with Crippen LogP contribution in [-0.4, -0.2) is 18.0 Å². The fourth-order valence-electron chi connectivity index (χ4n) is 1.96. The molecule has 2 rings (SSSR count). The summed E-state index contributed by atoms with van der Waals surface area (Å²) in [6, 6.07) is 5.72. The number of nitro benzene ring substituents is 1. The standard InChI is InChI=1S/C15H11F3N2O5/c1-24-14(21)10-7-9(3-4-12(10)20(22)23)25-13-5-2-8(6-11(13)19)15(16,17)18/h2-7H,19H2,1H3. The van der Waals surface area contributed by atoms with E-state index in [2.05, 4.69) is 4.74 Å². The Balaban J connectivity index is 2.38. The Labute approximate surface area is 138 Å². The monoisotopic (exact) mass is 356 g/mol. The number of halogens is 3. The number of nitrogens with zero attached hydrogens (tertiary/aromatic N) is 1. The van der Waals surface area contributed by atoms with Crippen molar-refractivity contribution in [3.05, 3.63) is 57.6 Å². The summed E-state index contributed by atoms with van der Waals surface area (Å²) in [4.78, 5) is 21.8. The molecule has 0 fully saturated rings. The van der Waals surface area contributed by atoms with Crippen molar-refractivity contribution >= 4 is 17.3 Å². The van der Waals surface area contributed by atoms with Gasteiger partial charge in [-0.15, -0.1) is 0 Å². The molecule has 0 aliphatic rings. The van der Waals surface area contributed by atoms with Crippen molar-refractivity contribution in [2.45, 2.75) is 6.18 Å². The second-order valence-electron chi connectivity index (χ2n) is 4.78. The van der Waals surface area contributed by atoms with Crippen LogP contribution in [0, 0.1) is 10.1 Å². The van der Waals surface area contributed by atoms with Crippen molar-refractivity contribution in [2.24, 2.45) is 0 Å². The molecule has 0 aliphatic carbocycles. The van der Waals surface area contributed by atoms with Gasteiger partial charge < -0.3 is 15.2 Å². The number of methoxy groups -OCH3 is 1. The number of alkyl halides is 3. The number of nitrogen functional groups attached to an aromatic ring is 1. The predicted molar refractivity (Wildman–Crippen MR) is 80.4 cm³/mol. The van der Waals surface area contributed by atoms with Gasteiger partial charge in [-0.05, 0) is 24.3 Å².